The van der Waals surface area contributed by atoms with Gasteiger partial charge in [-0.05, 0) is 25.1 Å². The molecule has 7 heteroatoms. The monoisotopic (exact) mass is 290 g/mol. The van der Waals surface area contributed by atoms with Crippen molar-refractivity contribution in [1.82, 2.24) is 20.5 Å². The van der Waals surface area contributed by atoms with Crippen LogP contribution in [0.2, 0.25) is 5.02 Å². The molecule has 0 saturated carbocycles. The van der Waals surface area contributed by atoms with Crippen molar-refractivity contribution in [2.75, 3.05) is 0 Å². The molecule has 0 bridgehead atoms. The molecule has 2 N–H and O–H groups in total. The maximum Gasteiger partial charge on any atom is 0.287 e. The lowest BCUT2D eigenvalue weighted by atomic mass is 10.1. The second-order valence-electron chi connectivity index (χ2n) is 4.31. The third-order valence-corrected chi connectivity index (χ3v) is 3.22. The zero-order valence-corrected chi connectivity index (χ0v) is 11.4. The first-order valence-corrected chi connectivity index (χ1v) is 6.34. The van der Waals surface area contributed by atoms with E-state index in [0.717, 1.165) is 10.9 Å². The van der Waals surface area contributed by atoms with Gasteiger partial charge >= 0.3 is 0 Å². The van der Waals surface area contributed by atoms with E-state index in [9.17, 15) is 4.79 Å². The van der Waals surface area contributed by atoms with Gasteiger partial charge in [0.05, 0.1) is 6.54 Å². The van der Waals surface area contributed by atoms with Crippen molar-refractivity contribution in [1.29, 1.82) is 0 Å². The van der Waals surface area contributed by atoms with Crippen molar-refractivity contribution in [2.24, 2.45) is 0 Å². The zero-order chi connectivity index (χ0) is 14.1. The van der Waals surface area contributed by atoms with Crippen LogP contribution < -0.4 is 5.32 Å². The van der Waals surface area contributed by atoms with E-state index in [-0.39, 0.29) is 18.2 Å². The summed E-state index contributed by atoms with van der Waals surface area (Å²) in [6, 6.07) is 5.25. The van der Waals surface area contributed by atoms with Crippen molar-refractivity contribution in [3.63, 3.8) is 0 Å². The molecule has 2 aromatic heterocycles. The molecule has 0 aliphatic heterocycles. The maximum absolute atomic E-state index is 12.1. The van der Waals surface area contributed by atoms with Crippen molar-refractivity contribution in [3.8, 4) is 0 Å². The van der Waals surface area contributed by atoms with E-state index in [2.05, 4.69) is 20.5 Å². The molecule has 3 rings (SSSR count). The summed E-state index contributed by atoms with van der Waals surface area (Å²) < 4.78 is 5.57. The summed E-state index contributed by atoms with van der Waals surface area (Å²) in [5, 5.41) is 10.5. The Labute approximate surface area is 119 Å². The molecule has 0 unspecified atom stereocenters. The average Bonchev–Trinajstić information content (AvgIpc) is 3.05. The lowest BCUT2D eigenvalue weighted by molar-refractivity contribution is 0.0923. The molecule has 20 heavy (non-hydrogen) atoms. The highest BCUT2D eigenvalue weighted by Gasteiger charge is 2.17. The lowest BCUT2D eigenvalue weighted by Crippen LogP contribution is -2.23. The second kappa shape index (κ2) is 4.97. The van der Waals surface area contributed by atoms with Crippen molar-refractivity contribution < 1.29 is 9.21 Å². The molecule has 0 radical (unpaired) electrons. The number of nitrogens with one attached hydrogen (secondary N) is 2. The van der Waals surface area contributed by atoms with Crippen LogP contribution in [0.4, 0.5) is 0 Å². The molecule has 0 aliphatic carbocycles. The van der Waals surface area contributed by atoms with Crippen LogP contribution >= 0.6 is 11.6 Å². The SMILES string of the molecule is Cc1c(C(=O)NCc2ncn[nH]2)oc2ccc(Cl)cc12. The largest absolute Gasteiger partial charge is 0.451 e. The van der Waals surface area contributed by atoms with E-state index in [0.29, 0.717) is 16.4 Å². The molecular weight excluding hydrogens is 280 g/mol. The fourth-order valence-electron chi connectivity index (χ4n) is 1.97. The highest BCUT2D eigenvalue weighted by Crippen LogP contribution is 2.27. The van der Waals surface area contributed by atoms with Crippen LogP contribution in [0.1, 0.15) is 21.9 Å². The number of rotatable bonds is 3. The molecule has 0 spiro atoms. The van der Waals surface area contributed by atoms with Gasteiger partial charge in [-0.25, -0.2) is 4.98 Å². The van der Waals surface area contributed by atoms with Crippen LogP contribution in [0.5, 0.6) is 0 Å². The van der Waals surface area contributed by atoms with Gasteiger partial charge in [0.25, 0.3) is 5.91 Å². The van der Waals surface area contributed by atoms with E-state index < -0.39 is 0 Å². The molecule has 0 aliphatic rings. The number of amides is 1. The molecule has 102 valence electrons. The predicted octanol–water partition coefficient (Wildman–Crippen LogP) is 2.44. The maximum atomic E-state index is 12.1. The summed E-state index contributed by atoms with van der Waals surface area (Å²) in [5.41, 5.74) is 1.40. The Morgan fingerprint density at radius 1 is 1.50 bits per heavy atom. The standard InChI is InChI=1S/C13H11ClN4O2/c1-7-9-4-8(14)2-3-10(9)20-12(7)13(19)15-5-11-16-6-17-18-11/h2-4,6H,5H2,1H3,(H,15,19)(H,16,17,18). The van der Waals surface area contributed by atoms with Gasteiger partial charge in [0.1, 0.15) is 17.7 Å². The molecule has 3 aromatic rings. The highest BCUT2D eigenvalue weighted by molar-refractivity contribution is 6.31. The van der Waals surface area contributed by atoms with Gasteiger partial charge < -0.3 is 9.73 Å². The third-order valence-electron chi connectivity index (χ3n) is 2.99. The number of carbonyl (C=O) groups excluding carboxylic acids is 1. The number of H-pyrrole nitrogens is 1. The molecule has 0 saturated heterocycles. The number of nitrogens with zero attached hydrogens (tertiary/aromatic N) is 2. The normalized spacial score (nSPS) is 10.9. The van der Waals surface area contributed by atoms with E-state index in [1.54, 1.807) is 18.2 Å². The molecule has 2 heterocycles. The molecule has 0 atom stereocenters. The molecule has 1 aromatic carbocycles. The Kier molecular flexibility index (Phi) is 3.15. The van der Waals surface area contributed by atoms with E-state index in [1.807, 2.05) is 6.92 Å². The Bertz CT molecular complexity index is 764. The fraction of sp³-hybridized carbons (Fsp3) is 0.154. The van der Waals surface area contributed by atoms with E-state index >= 15 is 0 Å². The number of halogens is 1. The fourth-order valence-corrected chi connectivity index (χ4v) is 2.14. The van der Waals surface area contributed by atoms with Crippen LogP contribution in [0, 0.1) is 6.92 Å². The van der Waals surface area contributed by atoms with Gasteiger partial charge in [-0.1, -0.05) is 11.6 Å². The quantitative estimate of drug-likeness (QED) is 0.776. The van der Waals surface area contributed by atoms with Gasteiger partial charge in [0, 0.05) is 16.0 Å². The molecule has 0 fully saturated rings. The average molecular weight is 291 g/mol. The van der Waals surface area contributed by atoms with Crippen LogP contribution in [0.15, 0.2) is 28.9 Å². The number of hydrogen-bond acceptors (Lipinski definition) is 4. The van der Waals surface area contributed by atoms with Gasteiger partial charge in [-0.2, -0.15) is 5.10 Å². The summed E-state index contributed by atoms with van der Waals surface area (Å²) in [7, 11) is 0. The second-order valence-corrected chi connectivity index (χ2v) is 4.75. The number of benzene rings is 1. The van der Waals surface area contributed by atoms with Crippen LogP contribution in [0.25, 0.3) is 11.0 Å². The summed E-state index contributed by atoms with van der Waals surface area (Å²) in [6.07, 6.45) is 1.38. The number of aryl methyl sites for hydroxylation is 1. The Balaban J connectivity index is 1.86. The molecule has 6 nitrogen and oxygen atoms in total. The van der Waals surface area contributed by atoms with Crippen LogP contribution in [0.3, 0.4) is 0 Å². The van der Waals surface area contributed by atoms with Gasteiger partial charge in [0.15, 0.2) is 5.76 Å². The Morgan fingerprint density at radius 3 is 3.10 bits per heavy atom. The van der Waals surface area contributed by atoms with E-state index in [4.69, 9.17) is 16.0 Å². The smallest absolute Gasteiger partial charge is 0.287 e. The summed E-state index contributed by atoms with van der Waals surface area (Å²) in [6.45, 7) is 2.08. The van der Waals surface area contributed by atoms with Crippen LogP contribution in [-0.2, 0) is 6.54 Å². The van der Waals surface area contributed by atoms with Crippen molar-refractivity contribution in [3.05, 3.63) is 46.7 Å². The van der Waals surface area contributed by atoms with Gasteiger partial charge in [-0.3, -0.25) is 9.89 Å². The molecular formula is C13H11ClN4O2. The number of carbonyl (C=O) groups is 1. The highest BCUT2D eigenvalue weighted by atomic mass is 35.5. The Morgan fingerprint density at radius 2 is 2.35 bits per heavy atom. The predicted molar refractivity (Wildman–Crippen MR) is 73.5 cm³/mol. The minimum absolute atomic E-state index is 0.260. The zero-order valence-electron chi connectivity index (χ0n) is 10.6. The third kappa shape index (κ3) is 2.25. The number of fused-ring (bicyclic) bond motifs is 1. The first kappa shape index (κ1) is 12.7. The molecule has 1 amide bonds. The number of furan rings is 1. The summed E-state index contributed by atoms with van der Waals surface area (Å²) in [5.74, 6) is 0.558. The summed E-state index contributed by atoms with van der Waals surface area (Å²) >= 11 is 5.95. The van der Waals surface area contributed by atoms with Gasteiger partial charge in [-0.15, -0.1) is 0 Å². The van der Waals surface area contributed by atoms with Crippen molar-refractivity contribution >= 4 is 28.5 Å². The lowest BCUT2D eigenvalue weighted by Gasteiger charge is -2.00. The minimum atomic E-state index is -0.300. The number of hydrogen-bond donors (Lipinski definition) is 2. The van der Waals surface area contributed by atoms with Crippen molar-refractivity contribution in [2.45, 2.75) is 13.5 Å². The number of aromatic nitrogens is 3. The topological polar surface area (TPSA) is 83.8 Å². The first-order valence-electron chi connectivity index (χ1n) is 5.96. The van der Waals surface area contributed by atoms with Gasteiger partial charge in [0.2, 0.25) is 0 Å². The minimum Gasteiger partial charge on any atom is -0.451 e. The van der Waals surface area contributed by atoms with E-state index in [1.165, 1.54) is 6.33 Å². The number of aromatic amines is 1. The van der Waals surface area contributed by atoms with Crippen LogP contribution in [-0.4, -0.2) is 21.1 Å². The summed E-state index contributed by atoms with van der Waals surface area (Å²) in [4.78, 5) is 16.0. The first-order chi connectivity index (χ1) is 9.65. The Hall–Kier alpha value is -2.34.